The number of hydrogen-bond acceptors (Lipinski definition) is 5. The van der Waals surface area contributed by atoms with E-state index in [9.17, 15) is 9.18 Å². The zero-order valence-electron chi connectivity index (χ0n) is 16.6. The minimum Gasteiger partial charge on any atom is -0.480 e. The number of thioether (sulfide) groups is 1. The number of ether oxygens (including phenoxy) is 1. The van der Waals surface area contributed by atoms with Gasteiger partial charge in [0.25, 0.3) is 0 Å². The van der Waals surface area contributed by atoms with E-state index < -0.39 is 11.9 Å². The maximum Gasteiger partial charge on any atom is 0.237 e. The second-order valence-electron chi connectivity index (χ2n) is 6.35. The predicted octanol–water partition coefficient (Wildman–Crippen LogP) is 4.33. The van der Waals surface area contributed by atoms with Gasteiger partial charge in [-0.1, -0.05) is 42.1 Å². The highest BCUT2D eigenvalue weighted by Crippen LogP contribution is 2.26. The summed E-state index contributed by atoms with van der Waals surface area (Å²) in [5, 5.41) is 9.05. The number of benzene rings is 2. The summed E-state index contributed by atoms with van der Waals surface area (Å²) in [7, 11) is 1.75. The molecule has 1 heterocycles. The molecule has 1 aromatic heterocycles. The fourth-order valence-electron chi connectivity index (χ4n) is 2.81. The molecular weight excluding hydrogens is 391 g/mol. The van der Waals surface area contributed by atoms with E-state index in [0.717, 1.165) is 5.69 Å². The molecule has 1 unspecified atom stereocenters. The van der Waals surface area contributed by atoms with Crippen molar-refractivity contribution in [3.8, 4) is 5.75 Å². The van der Waals surface area contributed by atoms with E-state index in [4.69, 9.17) is 4.74 Å². The summed E-state index contributed by atoms with van der Waals surface area (Å²) in [6.07, 6.45) is -0.489. The van der Waals surface area contributed by atoms with E-state index in [2.05, 4.69) is 10.2 Å². The number of aromatic nitrogens is 3. The average Bonchev–Trinajstić information content (AvgIpc) is 3.16. The summed E-state index contributed by atoms with van der Waals surface area (Å²) in [6.45, 7) is 4.37. The minimum atomic E-state index is -0.489. The molecule has 8 heteroatoms. The molecule has 0 spiro atoms. The van der Waals surface area contributed by atoms with Crippen molar-refractivity contribution in [2.75, 3.05) is 17.7 Å². The van der Waals surface area contributed by atoms with Crippen LogP contribution in [0.5, 0.6) is 5.75 Å². The normalized spacial score (nSPS) is 11.9. The van der Waals surface area contributed by atoms with Gasteiger partial charge in [0, 0.05) is 19.3 Å². The standard InChI is InChI=1S/C21H23FN4O2S/c1-4-26-20(15(2)28-18-13-9-8-12-17(18)22)23-24-21(26)29-14-19(27)25(3)16-10-6-5-7-11-16/h5-13,15H,4,14H2,1-3H3. The maximum absolute atomic E-state index is 13.9. The van der Waals surface area contributed by atoms with Crippen molar-refractivity contribution in [1.29, 1.82) is 0 Å². The van der Waals surface area contributed by atoms with Gasteiger partial charge in [-0.3, -0.25) is 4.79 Å². The summed E-state index contributed by atoms with van der Waals surface area (Å²) in [4.78, 5) is 14.1. The van der Waals surface area contributed by atoms with Crippen LogP contribution in [0.4, 0.5) is 10.1 Å². The lowest BCUT2D eigenvalue weighted by atomic mass is 10.3. The van der Waals surface area contributed by atoms with E-state index >= 15 is 0 Å². The molecule has 0 aliphatic carbocycles. The Labute approximate surface area is 173 Å². The zero-order valence-corrected chi connectivity index (χ0v) is 17.4. The molecule has 1 amide bonds. The van der Waals surface area contributed by atoms with Crippen molar-refractivity contribution >= 4 is 23.4 Å². The monoisotopic (exact) mass is 414 g/mol. The van der Waals surface area contributed by atoms with Crippen LogP contribution in [-0.4, -0.2) is 33.5 Å². The third-order valence-electron chi connectivity index (χ3n) is 4.41. The molecule has 0 radical (unpaired) electrons. The highest BCUT2D eigenvalue weighted by molar-refractivity contribution is 7.99. The fraction of sp³-hybridized carbons (Fsp3) is 0.286. The van der Waals surface area contributed by atoms with Crippen LogP contribution in [0.15, 0.2) is 59.8 Å². The molecule has 0 fully saturated rings. The van der Waals surface area contributed by atoms with Crippen molar-refractivity contribution in [2.45, 2.75) is 31.7 Å². The topological polar surface area (TPSA) is 60.2 Å². The van der Waals surface area contributed by atoms with Crippen LogP contribution in [0.1, 0.15) is 25.8 Å². The third kappa shape index (κ3) is 4.95. The van der Waals surface area contributed by atoms with Crippen LogP contribution in [0.25, 0.3) is 0 Å². The Balaban J connectivity index is 1.67. The van der Waals surface area contributed by atoms with Crippen LogP contribution < -0.4 is 9.64 Å². The molecule has 0 aliphatic rings. The van der Waals surface area contributed by atoms with Crippen molar-refractivity contribution in [3.63, 3.8) is 0 Å². The Morgan fingerprint density at radius 2 is 1.86 bits per heavy atom. The van der Waals surface area contributed by atoms with Crippen LogP contribution in [0, 0.1) is 5.82 Å². The van der Waals surface area contributed by atoms with Crippen LogP contribution in [0.2, 0.25) is 0 Å². The Morgan fingerprint density at radius 1 is 1.17 bits per heavy atom. The van der Waals surface area contributed by atoms with Gasteiger partial charge < -0.3 is 14.2 Å². The molecule has 0 aliphatic heterocycles. The number of halogens is 1. The van der Waals surface area contributed by atoms with Crippen molar-refractivity contribution in [2.24, 2.45) is 0 Å². The smallest absolute Gasteiger partial charge is 0.237 e. The number of nitrogens with zero attached hydrogens (tertiary/aromatic N) is 4. The largest absolute Gasteiger partial charge is 0.480 e. The molecule has 2 aromatic carbocycles. The van der Waals surface area contributed by atoms with Crippen molar-refractivity contribution in [3.05, 3.63) is 66.2 Å². The molecule has 0 saturated carbocycles. The molecule has 0 bridgehead atoms. The number of anilines is 1. The average molecular weight is 415 g/mol. The van der Waals surface area contributed by atoms with Gasteiger partial charge in [-0.25, -0.2) is 4.39 Å². The summed E-state index contributed by atoms with van der Waals surface area (Å²) >= 11 is 1.32. The quantitative estimate of drug-likeness (QED) is 0.514. The third-order valence-corrected chi connectivity index (χ3v) is 5.36. The molecule has 0 saturated heterocycles. The van der Waals surface area contributed by atoms with E-state index in [-0.39, 0.29) is 17.4 Å². The van der Waals surface area contributed by atoms with E-state index in [1.165, 1.54) is 17.8 Å². The number of amides is 1. The minimum absolute atomic E-state index is 0.0379. The molecular formula is C21H23FN4O2S. The lowest BCUT2D eigenvalue weighted by Crippen LogP contribution is -2.28. The number of carbonyl (C=O) groups excluding carboxylic acids is 1. The number of para-hydroxylation sites is 2. The highest BCUT2D eigenvalue weighted by atomic mass is 32.2. The van der Waals surface area contributed by atoms with Gasteiger partial charge in [0.1, 0.15) is 0 Å². The first-order chi connectivity index (χ1) is 14.0. The first kappa shape index (κ1) is 20.9. The van der Waals surface area contributed by atoms with Crippen LogP contribution >= 0.6 is 11.8 Å². The van der Waals surface area contributed by atoms with Crippen LogP contribution in [0.3, 0.4) is 0 Å². The second kappa shape index (κ2) is 9.56. The molecule has 152 valence electrons. The summed E-state index contributed by atoms with van der Waals surface area (Å²) in [5.74, 6) is 0.517. The zero-order chi connectivity index (χ0) is 20.8. The summed E-state index contributed by atoms with van der Waals surface area (Å²) < 4.78 is 21.5. The lowest BCUT2D eigenvalue weighted by Gasteiger charge is -2.17. The second-order valence-corrected chi connectivity index (χ2v) is 7.30. The fourth-order valence-corrected chi connectivity index (χ4v) is 3.73. The van der Waals surface area contributed by atoms with Gasteiger partial charge in [-0.05, 0) is 38.1 Å². The Hall–Kier alpha value is -2.87. The molecule has 6 nitrogen and oxygen atoms in total. The lowest BCUT2D eigenvalue weighted by molar-refractivity contribution is -0.115. The number of rotatable bonds is 8. The van der Waals surface area contributed by atoms with Crippen molar-refractivity contribution in [1.82, 2.24) is 14.8 Å². The van der Waals surface area contributed by atoms with Crippen molar-refractivity contribution < 1.29 is 13.9 Å². The Kier molecular flexibility index (Phi) is 6.87. The first-order valence-electron chi connectivity index (χ1n) is 9.30. The molecule has 3 rings (SSSR count). The predicted molar refractivity (Wildman–Crippen MR) is 112 cm³/mol. The van der Waals surface area contributed by atoms with Gasteiger partial charge in [0.15, 0.2) is 28.7 Å². The van der Waals surface area contributed by atoms with Gasteiger partial charge in [-0.2, -0.15) is 0 Å². The molecule has 3 aromatic rings. The summed E-state index contributed by atoms with van der Waals surface area (Å²) in [6, 6.07) is 15.7. The molecule has 0 N–H and O–H groups in total. The highest BCUT2D eigenvalue weighted by Gasteiger charge is 2.21. The summed E-state index contributed by atoms with van der Waals surface area (Å²) in [5.41, 5.74) is 0.836. The Bertz CT molecular complexity index is 964. The van der Waals surface area contributed by atoms with E-state index in [1.807, 2.05) is 41.8 Å². The molecule has 29 heavy (non-hydrogen) atoms. The van der Waals surface area contributed by atoms with Gasteiger partial charge in [-0.15, -0.1) is 10.2 Å². The Morgan fingerprint density at radius 3 is 2.55 bits per heavy atom. The maximum atomic E-state index is 13.9. The van der Waals surface area contributed by atoms with Gasteiger partial charge in [0.2, 0.25) is 5.91 Å². The van der Waals surface area contributed by atoms with Gasteiger partial charge in [0.05, 0.1) is 5.75 Å². The SMILES string of the molecule is CCn1c(SCC(=O)N(C)c2ccccc2)nnc1C(C)Oc1ccccc1F. The number of hydrogen-bond donors (Lipinski definition) is 0. The number of carbonyl (C=O) groups is 1. The van der Waals surface area contributed by atoms with Gasteiger partial charge >= 0.3 is 0 Å². The van der Waals surface area contributed by atoms with E-state index in [1.54, 1.807) is 37.1 Å². The van der Waals surface area contributed by atoms with Crippen LogP contribution in [-0.2, 0) is 11.3 Å². The van der Waals surface area contributed by atoms with E-state index in [0.29, 0.717) is 17.5 Å². The first-order valence-corrected chi connectivity index (χ1v) is 10.3. The molecule has 1 atom stereocenters.